The van der Waals surface area contributed by atoms with Crippen LogP contribution >= 0.6 is 24.8 Å². The molecule has 0 bridgehead atoms. The van der Waals surface area contributed by atoms with E-state index in [1.54, 1.807) is 0 Å². The molecule has 0 unspecified atom stereocenters. The summed E-state index contributed by atoms with van der Waals surface area (Å²) in [5, 5.41) is 6.39. The molecule has 0 radical (unpaired) electrons. The lowest BCUT2D eigenvalue weighted by atomic mass is 9.82. The van der Waals surface area contributed by atoms with E-state index in [0.29, 0.717) is 5.92 Å². The summed E-state index contributed by atoms with van der Waals surface area (Å²) in [5.74, 6) is 2.48. The van der Waals surface area contributed by atoms with Gasteiger partial charge < -0.3 is 10.6 Å². The molecule has 2 fully saturated rings. The van der Waals surface area contributed by atoms with Gasteiger partial charge in [0.25, 0.3) is 5.91 Å². The smallest absolute Gasteiger partial charge is 0.253 e. The van der Waals surface area contributed by atoms with E-state index in [-0.39, 0.29) is 30.7 Å². The number of carbonyl (C=O) groups is 1. The van der Waals surface area contributed by atoms with Crippen molar-refractivity contribution < 1.29 is 4.79 Å². The van der Waals surface area contributed by atoms with Gasteiger partial charge in [-0.3, -0.25) is 9.79 Å². The molecule has 3 aliphatic rings. The summed E-state index contributed by atoms with van der Waals surface area (Å²) in [6.45, 7) is 4.14. The van der Waals surface area contributed by atoms with Crippen molar-refractivity contribution in [2.45, 2.75) is 51.0 Å². The number of nitrogens with one attached hydrogen (secondary N) is 2. The molecule has 6 heteroatoms. The highest BCUT2D eigenvalue weighted by atomic mass is 35.5. The molecule has 0 aromatic heterocycles. The Morgan fingerprint density at radius 2 is 1.70 bits per heavy atom. The lowest BCUT2D eigenvalue weighted by molar-refractivity contribution is -0.124. The number of halogens is 2. The Bertz CT molecular complexity index is 373. The van der Waals surface area contributed by atoms with Crippen LogP contribution in [0.5, 0.6) is 0 Å². The van der Waals surface area contributed by atoms with Gasteiger partial charge in [-0.1, -0.05) is 19.8 Å². The first-order valence-corrected chi connectivity index (χ1v) is 7.31. The molecule has 3 rings (SSSR count). The summed E-state index contributed by atoms with van der Waals surface area (Å²) in [5.41, 5.74) is -0.427. The summed E-state index contributed by atoms with van der Waals surface area (Å²) in [6.07, 6.45) is 6.63. The van der Waals surface area contributed by atoms with Gasteiger partial charge in [-0.15, -0.1) is 24.8 Å². The van der Waals surface area contributed by atoms with Crippen LogP contribution in [0.25, 0.3) is 0 Å². The van der Waals surface area contributed by atoms with Gasteiger partial charge >= 0.3 is 0 Å². The Balaban J connectivity index is 0.000001000. The van der Waals surface area contributed by atoms with E-state index in [4.69, 9.17) is 4.99 Å². The van der Waals surface area contributed by atoms with E-state index in [9.17, 15) is 4.79 Å². The number of rotatable bonds is 1. The Kier molecular flexibility index (Phi) is 6.29. The number of nitrogens with zero attached hydrogens (tertiary/aromatic N) is 1. The van der Waals surface area contributed by atoms with Gasteiger partial charge in [0, 0.05) is 5.92 Å². The predicted octanol–water partition coefficient (Wildman–Crippen LogP) is 2.31. The first-order valence-electron chi connectivity index (χ1n) is 7.31. The van der Waals surface area contributed by atoms with Crippen molar-refractivity contribution in [2.24, 2.45) is 16.8 Å². The average molecular weight is 322 g/mol. The Morgan fingerprint density at radius 1 is 1.10 bits per heavy atom. The quantitative estimate of drug-likeness (QED) is 0.778. The highest BCUT2D eigenvalue weighted by molar-refractivity contribution is 6.09. The van der Waals surface area contributed by atoms with Crippen molar-refractivity contribution in [2.75, 3.05) is 13.1 Å². The van der Waals surface area contributed by atoms with Gasteiger partial charge in [-0.25, -0.2) is 0 Å². The van der Waals surface area contributed by atoms with Crippen LogP contribution in [0.2, 0.25) is 0 Å². The zero-order chi connectivity index (χ0) is 12.6. The molecule has 2 N–H and O–H groups in total. The van der Waals surface area contributed by atoms with Gasteiger partial charge in [0.05, 0.1) is 0 Å². The number of hydrogen-bond donors (Lipinski definition) is 2. The Labute approximate surface area is 133 Å². The highest BCUT2D eigenvalue weighted by Crippen LogP contribution is 2.34. The summed E-state index contributed by atoms with van der Waals surface area (Å²) in [7, 11) is 0. The van der Waals surface area contributed by atoms with Gasteiger partial charge in [0.2, 0.25) is 0 Å². The number of hydrogen-bond acceptors (Lipinski definition) is 3. The third kappa shape index (κ3) is 3.29. The lowest BCUT2D eigenvalue weighted by Gasteiger charge is -2.28. The standard InChI is InChI=1S/C14H23N3O.2ClH/c1-10-2-4-11(5-3-10)12-16-13(18)14(17-12)6-8-15-9-7-14;;/h10-11,15H,2-9H2,1H3,(H,16,17,18);2*1H. The van der Waals surface area contributed by atoms with Crippen molar-refractivity contribution in [1.29, 1.82) is 0 Å². The van der Waals surface area contributed by atoms with Crippen LogP contribution in [0.3, 0.4) is 0 Å². The molecule has 2 aliphatic heterocycles. The average Bonchev–Trinajstić information content (AvgIpc) is 2.69. The van der Waals surface area contributed by atoms with Gasteiger partial charge in [-0.05, 0) is 44.7 Å². The van der Waals surface area contributed by atoms with Crippen LogP contribution in [0.15, 0.2) is 4.99 Å². The van der Waals surface area contributed by atoms with Gasteiger partial charge in [0.1, 0.15) is 11.4 Å². The Hall–Kier alpha value is -0.320. The molecule has 0 atom stereocenters. The Morgan fingerprint density at radius 3 is 2.30 bits per heavy atom. The molecule has 1 amide bonds. The topological polar surface area (TPSA) is 53.5 Å². The van der Waals surface area contributed by atoms with Crippen LogP contribution in [-0.2, 0) is 4.79 Å². The first kappa shape index (κ1) is 17.7. The van der Waals surface area contributed by atoms with Crippen LogP contribution in [-0.4, -0.2) is 30.4 Å². The minimum Gasteiger partial charge on any atom is -0.317 e. The minimum absolute atomic E-state index is 0. The summed E-state index contributed by atoms with van der Waals surface area (Å²) in [6, 6.07) is 0. The maximum Gasteiger partial charge on any atom is 0.253 e. The van der Waals surface area contributed by atoms with Crippen molar-refractivity contribution in [3.63, 3.8) is 0 Å². The fourth-order valence-electron chi connectivity index (χ4n) is 3.45. The van der Waals surface area contributed by atoms with Crippen molar-refractivity contribution in [3.05, 3.63) is 0 Å². The van der Waals surface area contributed by atoms with Crippen LogP contribution in [0, 0.1) is 11.8 Å². The molecule has 0 aromatic rings. The summed E-state index contributed by atoms with van der Waals surface area (Å²) in [4.78, 5) is 17.0. The molecule has 1 saturated carbocycles. The molecule has 1 spiro atoms. The van der Waals surface area contributed by atoms with E-state index in [2.05, 4.69) is 17.6 Å². The summed E-state index contributed by atoms with van der Waals surface area (Å²) >= 11 is 0. The highest BCUT2D eigenvalue weighted by Gasteiger charge is 2.45. The van der Waals surface area contributed by atoms with Crippen LogP contribution in [0.4, 0.5) is 0 Å². The largest absolute Gasteiger partial charge is 0.317 e. The van der Waals surface area contributed by atoms with Crippen LogP contribution < -0.4 is 10.6 Å². The molecular formula is C14H25Cl2N3O. The zero-order valence-corrected chi connectivity index (χ0v) is 13.6. The maximum atomic E-state index is 12.2. The van der Waals surface area contributed by atoms with Crippen LogP contribution in [0.1, 0.15) is 45.4 Å². The van der Waals surface area contributed by atoms with E-state index in [0.717, 1.165) is 37.7 Å². The number of aliphatic imine (C=N–C) groups is 1. The van der Waals surface area contributed by atoms with Gasteiger partial charge in [-0.2, -0.15) is 0 Å². The van der Waals surface area contributed by atoms with Gasteiger partial charge in [0.15, 0.2) is 0 Å². The number of carbonyl (C=O) groups excluding carboxylic acids is 1. The first-order chi connectivity index (χ1) is 8.70. The molecule has 4 nitrogen and oxygen atoms in total. The third-order valence-corrected chi connectivity index (χ3v) is 4.83. The lowest BCUT2D eigenvalue weighted by Crippen LogP contribution is -2.47. The van der Waals surface area contributed by atoms with E-state index in [1.807, 2.05) is 0 Å². The zero-order valence-electron chi connectivity index (χ0n) is 12.0. The third-order valence-electron chi connectivity index (χ3n) is 4.83. The second-order valence-corrected chi connectivity index (χ2v) is 6.19. The second-order valence-electron chi connectivity index (χ2n) is 6.19. The molecule has 116 valence electrons. The fraction of sp³-hybridized carbons (Fsp3) is 0.857. The SMILES string of the molecule is CC1CCC(C2=NC3(CCNCC3)C(=O)N2)CC1.Cl.Cl. The molecule has 0 aromatic carbocycles. The van der Waals surface area contributed by atoms with E-state index >= 15 is 0 Å². The fourth-order valence-corrected chi connectivity index (χ4v) is 3.45. The maximum absolute atomic E-state index is 12.2. The molecule has 1 aliphatic carbocycles. The number of amidine groups is 1. The normalized spacial score (nSPS) is 31.9. The van der Waals surface area contributed by atoms with Crippen molar-refractivity contribution >= 4 is 36.6 Å². The summed E-state index contributed by atoms with van der Waals surface area (Å²) < 4.78 is 0. The minimum atomic E-state index is -0.427. The molecule has 2 heterocycles. The van der Waals surface area contributed by atoms with E-state index in [1.165, 1.54) is 25.7 Å². The molecule has 20 heavy (non-hydrogen) atoms. The predicted molar refractivity (Wildman–Crippen MR) is 86.0 cm³/mol. The van der Waals surface area contributed by atoms with E-state index < -0.39 is 5.54 Å². The number of amides is 1. The molecule has 1 saturated heterocycles. The van der Waals surface area contributed by atoms with Crippen molar-refractivity contribution in [1.82, 2.24) is 10.6 Å². The number of piperidine rings is 1. The van der Waals surface area contributed by atoms with Crippen molar-refractivity contribution in [3.8, 4) is 0 Å². The second kappa shape index (κ2) is 7.10. The monoisotopic (exact) mass is 321 g/mol. The molecular weight excluding hydrogens is 297 g/mol.